The van der Waals surface area contributed by atoms with Crippen LogP contribution < -0.4 is 21.5 Å². The molecular weight excluding hydrogens is 476 g/mol. The first-order valence-corrected chi connectivity index (χ1v) is 13.3. The zero-order valence-corrected chi connectivity index (χ0v) is 22.2. The monoisotopic (exact) mass is 510 g/mol. The number of aryl methyl sites for hydroxylation is 1. The first-order chi connectivity index (χ1) is 18.5. The number of fused-ring (bicyclic) bond motifs is 1. The van der Waals surface area contributed by atoms with Crippen LogP contribution in [0.4, 0.5) is 17.3 Å². The highest BCUT2D eigenvalue weighted by Gasteiger charge is 2.15. The molecule has 196 valence electrons. The van der Waals surface area contributed by atoms with E-state index in [0.717, 1.165) is 54.9 Å². The Balaban J connectivity index is 1.45. The zero-order valence-electron chi connectivity index (χ0n) is 22.2. The number of pyridine rings is 1. The maximum absolute atomic E-state index is 13.5. The summed E-state index contributed by atoms with van der Waals surface area (Å²) >= 11 is 0. The van der Waals surface area contributed by atoms with Crippen molar-refractivity contribution in [2.24, 2.45) is 5.92 Å². The van der Waals surface area contributed by atoms with Gasteiger partial charge < -0.3 is 20.5 Å². The number of nitrogens with one attached hydrogen (secondary N) is 3. The minimum Gasteiger partial charge on any atom is -0.382 e. The number of rotatable bonds is 7. The molecule has 9 nitrogen and oxygen atoms in total. The lowest BCUT2D eigenvalue weighted by atomic mass is 10.1. The molecule has 1 fully saturated rings. The Labute approximate surface area is 222 Å². The highest BCUT2D eigenvalue weighted by molar-refractivity contribution is 5.77. The Morgan fingerprint density at radius 2 is 1.89 bits per heavy atom. The molecule has 0 aliphatic carbocycles. The summed E-state index contributed by atoms with van der Waals surface area (Å²) in [7, 11) is 0. The van der Waals surface area contributed by atoms with Gasteiger partial charge in [-0.05, 0) is 63.2 Å². The van der Waals surface area contributed by atoms with E-state index in [4.69, 9.17) is 4.98 Å². The van der Waals surface area contributed by atoms with Crippen molar-refractivity contribution in [1.82, 2.24) is 29.4 Å². The predicted octanol–water partition coefficient (Wildman–Crippen LogP) is 3.97. The third-order valence-corrected chi connectivity index (χ3v) is 6.63. The lowest BCUT2D eigenvalue weighted by molar-refractivity contribution is 0.479. The van der Waals surface area contributed by atoms with Crippen LogP contribution in [0, 0.1) is 17.8 Å². The van der Waals surface area contributed by atoms with Crippen LogP contribution in [0.1, 0.15) is 44.9 Å². The zero-order chi connectivity index (χ0) is 26.5. The average molecular weight is 511 g/mol. The molecule has 0 unspecified atom stereocenters. The van der Waals surface area contributed by atoms with E-state index in [0.29, 0.717) is 29.7 Å². The van der Waals surface area contributed by atoms with Crippen LogP contribution in [0.3, 0.4) is 0 Å². The van der Waals surface area contributed by atoms with Gasteiger partial charge in [0.2, 0.25) is 5.95 Å². The number of hydrogen-bond donors (Lipinski definition) is 3. The lowest BCUT2D eigenvalue weighted by Crippen LogP contribution is -2.35. The Kier molecular flexibility index (Phi) is 7.70. The van der Waals surface area contributed by atoms with Gasteiger partial charge in [-0.15, -0.1) is 0 Å². The molecule has 0 amide bonds. The predicted molar refractivity (Wildman–Crippen MR) is 152 cm³/mol. The van der Waals surface area contributed by atoms with Gasteiger partial charge in [0.25, 0.3) is 5.56 Å². The maximum Gasteiger partial charge on any atom is 0.268 e. The van der Waals surface area contributed by atoms with Crippen molar-refractivity contribution < 1.29 is 0 Å². The molecule has 3 N–H and O–H groups in total. The molecule has 3 aromatic heterocycles. The number of anilines is 3. The van der Waals surface area contributed by atoms with Gasteiger partial charge in [0, 0.05) is 47.7 Å². The minimum atomic E-state index is -0.174. The van der Waals surface area contributed by atoms with E-state index in [9.17, 15) is 4.79 Å². The van der Waals surface area contributed by atoms with Crippen LogP contribution in [-0.4, -0.2) is 43.2 Å². The number of piperidine rings is 1. The second-order valence-corrected chi connectivity index (χ2v) is 9.89. The highest BCUT2D eigenvalue weighted by Crippen LogP contribution is 2.21. The van der Waals surface area contributed by atoms with Crippen molar-refractivity contribution in [3.05, 3.63) is 70.7 Å². The molecule has 0 spiro atoms. The summed E-state index contributed by atoms with van der Waals surface area (Å²) in [5.74, 6) is 6.75. The Morgan fingerprint density at radius 3 is 2.63 bits per heavy atom. The number of imidazole rings is 1. The molecule has 0 bridgehead atoms. The summed E-state index contributed by atoms with van der Waals surface area (Å²) in [5, 5.41) is 11.0. The smallest absolute Gasteiger partial charge is 0.268 e. The largest absolute Gasteiger partial charge is 0.382 e. The van der Waals surface area contributed by atoms with E-state index in [1.165, 1.54) is 0 Å². The molecule has 38 heavy (non-hydrogen) atoms. The Bertz CT molecular complexity index is 1520. The number of nitrogens with zero attached hydrogens (tertiary/aromatic N) is 5. The fraction of sp³-hybridized carbons (Fsp3) is 0.379. The van der Waals surface area contributed by atoms with E-state index in [1.807, 2.05) is 37.5 Å². The van der Waals surface area contributed by atoms with E-state index in [-0.39, 0.29) is 11.5 Å². The van der Waals surface area contributed by atoms with Crippen LogP contribution in [-0.2, 0) is 13.1 Å². The fourth-order valence-corrected chi connectivity index (χ4v) is 4.58. The van der Waals surface area contributed by atoms with Crippen LogP contribution >= 0.6 is 0 Å². The van der Waals surface area contributed by atoms with Gasteiger partial charge in [-0.1, -0.05) is 25.7 Å². The van der Waals surface area contributed by atoms with Crippen LogP contribution in [0.5, 0.6) is 0 Å². The van der Waals surface area contributed by atoms with Crippen molar-refractivity contribution in [3.63, 3.8) is 0 Å². The molecule has 0 atom stereocenters. The van der Waals surface area contributed by atoms with E-state index < -0.39 is 0 Å². The summed E-state index contributed by atoms with van der Waals surface area (Å²) in [5.41, 5.74) is 3.71. The van der Waals surface area contributed by atoms with E-state index in [2.05, 4.69) is 49.9 Å². The second kappa shape index (κ2) is 11.5. The van der Waals surface area contributed by atoms with Gasteiger partial charge in [-0.2, -0.15) is 4.98 Å². The number of hydrogen-bond acceptors (Lipinski definition) is 7. The van der Waals surface area contributed by atoms with Crippen molar-refractivity contribution in [2.75, 3.05) is 23.7 Å². The van der Waals surface area contributed by atoms with Crippen molar-refractivity contribution in [1.29, 1.82) is 0 Å². The molecule has 1 aromatic carbocycles. The van der Waals surface area contributed by atoms with Gasteiger partial charge in [-0.3, -0.25) is 9.36 Å². The molecule has 0 saturated carbocycles. The van der Waals surface area contributed by atoms with E-state index >= 15 is 0 Å². The van der Waals surface area contributed by atoms with Gasteiger partial charge in [0.05, 0.1) is 24.1 Å². The molecule has 1 saturated heterocycles. The maximum atomic E-state index is 13.5. The quantitative estimate of drug-likeness (QED) is 0.323. The normalized spacial score (nSPS) is 13.9. The summed E-state index contributed by atoms with van der Waals surface area (Å²) in [6, 6.07) is 10.4. The van der Waals surface area contributed by atoms with Gasteiger partial charge >= 0.3 is 0 Å². The summed E-state index contributed by atoms with van der Waals surface area (Å²) in [4.78, 5) is 27.1. The van der Waals surface area contributed by atoms with Gasteiger partial charge in [0.15, 0.2) is 0 Å². The third kappa shape index (κ3) is 5.87. The fourth-order valence-electron chi connectivity index (χ4n) is 4.58. The average Bonchev–Trinajstić information content (AvgIpc) is 3.38. The number of aromatic nitrogens is 5. The Morgan fingerprint density at radius 1 is 1.13 bits per heavy atom. The van der Waals surface area contributed by atoms with Gasteiger partial charge in [-0.25, -0.2) is 9.97 Å². The van der Waals surface area contributed by atoms with Crippen molar-refractivity contribution in [3.8, 4) is 11.8 Å². The molecule has 9 heteroatoms. The molecular formula is C29H34N8O. The van der Waals surface area contributed by atoms with Crippen LogP contribution in [0.2, 0.25) is 0 Å². The topological polar surface area (TPSA) is 102 Å². The summed E-state index contributed by atoms with van der Waals surface area (Å²) < 4.78 is 3.69. The van der Waals surface area contributed by atoms with Crippen LogP contribution in [0.25, 0.3) is 11.0 Å². The summed E-state index contributed by atoms with van der Waals surface area (Å²) in [6.45, 7) is 9.26. The first-order valence-electron chi connectivity index (χ1n) is 13.3. The molecule has 4 aromatic rings. The number of benzene rings is 1. The van der Waals surface area contributed by atoms with E-state index in [1.54, 1.807) is 29.4 Å². The highest BCUT2D eigenvalue weighted by atomic mass is 16.1. The summed E-state index contributed by atoms with van der Waals surface area (Å²) in [6.07, 6.45) is 7.54. The lowest BCUT2D eigenvalue weighted by Gasteiger charge is -2.24. The second-order valence-electron chi connectivity index (χ2n) is 9.89. The molecule has 1 aliphatic rings. The molecule has 5 rings (SSSR count). The first kappa shape index (κ1) is 25.5. The van der Waals surface area contributed by atoms with Crippen molar-refractivity contribution >= 4 is 28.4 Å². The SMILES string of the molecule is CCn1cncc1Cn1c(=O)c(C#CC(C)C)cc2cnc(Nc3ccc(NC4CCNCC4)cc3)nc21. The van der Waals surface area contributed by atoms with Crippen molar-refractivity contribution in [2.45, 2.75) is 52.7 Å². The minimum absolute atomic E-state index is 0.157. The molecule has 1 aliphatic heterocycles. The molecule has 0 radical (unpaired) electrons. The third-order valence-electron chi connectivity index (χ3n) is 6.63. The molecule has 4 heterocycles. The van der Waals surface area contributed by atoms with Gasteiger partial charge in [0.1, 0.15) is 5.65 Å². The van der Waals surface area contributed by atoms with Crippen LogP contribution in [0.15, 0.2) is 53.8 Å². The Hall–Kier alpha value is -4.16. The standard InChI is InChI=1S/C29H34N8O/c1-4-36-19-31-17-26(36)18-37-27-22(15-21(28(37)38)6-5-20(2)3)16-32-29(35-27)34-24-9-7-23(8-10-24)33-25-11-13-30-14-12-25/h7-10,15-17,19-20,25,30,33H,4,11-14,18H2,1-3H3,(H,32,34,35).